The van der Waals surface area contributed by atoms with E-state index in [1.165, 1.54) is 12.8 Å². The van der Waals surface area contributed by atoms with Crippen LogP contribution in [0.2, 0.25) is 0 Å². The van der Waals surface area contributed by atoms with E-state index in [-0.39, 0.29) is 11.7 Å². The van der Waals surface area contributed by atoms with Crippen molar-refractivity contribution in [1.29, 1.82) is 0 Å². The third kappa shape index (κ3) is 3.50. The summed E-state index contributed by atoms with van der Waals surface area (Å²) in [5.41, 5.74) is 4.92. The number of piperazine rings is 1. The highest BCUT2D eigenvalue weighted by Crippen LogP contribution is 2.44. The lowest BCUT2D eigenvalue weighted by Crippen LogP contribution is -2.47. The Balaban J connectivity index is 1.22. The number of carbonyl (C=O) groups excluding carboxylic acids is 1. The van der Waals surface area contributed by atoms with E-state index in [1.54, 1.807) is 6.08 Å². The molecule has 2 aromatic heterocycles. The highest BCUT2D eigenvalue weighted by atomic mass is 31.1. The maximum atomic E-state index is 13.0. The molecule has 0 radical (unpaired) electrons. The Hall–Kier alpha value is -2.50. The summed E-state index contributed by atoms with van der Waals surface area (Å²) in [6.07, 6.45) is 12.9. The van der Waals surface area contributed by atoms with Gasteiger partial charge in [0.1, 0.15) is 0 Å². The fourth-order valence-corrected chi connectivity index (χ4v) is 6.14. The van der Waals surface area contributed by atoms with Gasteiger partial charge in [-0.25, -0.2) is 4.52 Å². The minimum absolute atomic E-state index is 0.0419. The second-order valence-electron chi connectivity index (χ2n) is 8.89. The van der Waals surface area contributed by atoms with Gasteiger partial charge in [0.2, 0.25) is 0 Å². The van der Waals surface area contributed by atoms with Crippen LogP contribution in [0.5, 0.6) is 0 Å². The Morgan fingerprint density at radius 2 is 1.94 bits per heavy atom. The first-order valence-electron chi connectivity index (χ1n) is 11.1. The van der Waals surface area contributed by atoms with Gasteiger partial charge < -0.3 is 9.80 Å². The molecule has 3 aliphatic heterocycles. The molecular formula is C23H27N6OP. The van der Waals surface area contributed by atoms with Gasteiger partial charge in [-0.1, -0.05) is 14.7 Å². The van der Waals surface area contributed by atoms with Crippen LogP contribution in [-0.2, 0) is 4.79 Å². The molecule has 2 unspecified atom stereocenters. The molecule has 1 saturated heterocycles. The molecule has 2 aromatic rings. The van der Waals surface area contributed by atoms with Gasteiger partial charge in [-0.15, -0.1) is 0 Å². The molecule has 0 spiro atoms. The Bertz CT molecular complexity index is 1150. The van der Waals surface area contributed by atoms with E-state index < -0.39 is 0 Å². The van der Waals surface area contributed by atoms with Gasteiger partial charge in [-0.2, -0.15) is 5.10 Å². The van der Waals surface area contributed by atoms with Crippen molar-refractivity contribution in [2.24, 2.45) is 0 Å². The molecule has 5 heterocycles. The van der Waals surface area contributed by atoms with E-state index in [1.807, 2.05) is 29.5 Å². The van der Waals surface area contributed by atoms with Crippen LogP contribution in [-0.4, -0.2) is 73.2 Å². The first-order chi connectivity index (χ1) is 15.0. The summed E-state index contributed by atoms with van der Waals surface area (Å²) in [6.45, 7) is 8.30. The largest absolute Gasteiger partial charge is 0.368 e. The molecule has 4 aliphatic rings. The quantitative estimate of drug-likeness (QED) is 0.696. The molecule has 8 heteroatoms. The fourth-order valence-electron chi connectivity index (χ4n) is 4.81. The van der Waals surface area contributed by atoms with Crippen LogP contribution in [0.3, 0.4) is 0 Å². The van der Waals surface area contributed by atoms with Crippen molar-refractivity contribution in [2.75, 3.05) is 26.2 Å². The average Bonchev–Trinajstić information content (AvgIpc) is 3.52. The van der Waals surface area contributed by atoms with Gasteiger partial charge in [0.25, 0.3) is 5.91 Å². The summed E-state index contributed by atoms with van der Waals surface area (Å²) in [7, 11) is 0.476. The number of aromatic nitrogens is 3. The smallest absolute Gasteiger partial charge is 0.252 e. The molecule has 1 aliphatic carbocycles. The number of rotatable bonds is 3. The van der Waals surface area contributed by atoms with Crippen molar-refractivity contribution in [3.63, 3.8) is 0 Å². The highest BCUT2D eigenvalue weighted by Gasteiger charge is 2.33. The Morgan fingerprint density at radius 3 is 2.71 bits per heavy atom. The highest BCUT2D eigenvalue weighted by molar-refractivity contribution is 7.51. The molecule has 1 saturated carbocycles. The lowest BCUT2D eigenvalue weighted by molar-refractivity contribution is -0.123. The van der Waals surface area contributed by atoms with Crippen molar-refractivity contribution in [1.82, 2.24) is 29.3 Å². The number of aryl methyl sites for hydroxylation is 2. The van der Waals surface area contributed by atoms with Crippen molar-refractivity contribution >= 4 is 25.3 Å². The Morgan fingerprint density at radius 1 is 1.13 bits per heavy atom. The number of amides is 1. The van der Waals surface area contributed by atoms with Crippen LogP contribution >= 0.6 is 8.58 Å². The van der Waals surface area contributed by atoms with Crippen LogP contribution in [0.25, 0.3) is 10.8 Å². The topological polar surface area (TPSA) is 57.0 Å². The summed E-state index contributed by atoms with van der Waals surface area (Å²) in [6, 6.07) is 2.88. The van der Waals surface area contributed by atoms with Crippen molar-refractivity contribution in [2.45, 2.75) is 38.5 Å². The van der Waals surface area contributed by atoms with E-state index in [2.05, 4.69) is 39.2 Å². The summed E-state index contributed by atoms with van der Waals surface area (Å²) in [5, 5.41) is 5.76. The molecule has 7 nitrogen and oxygen atoms in total. The predicted molar refractivity (Wildman–Crippen MR) is 123 cm³/mol. The zero-order valence-corrected chi connectivity index (χ0v) is 19.0. The molecule has 0 aromatic carbocycles. The van der Waals surface area contributed by atoms with Gasteiger partial charge in [0.05, 0.1) is 40.3 Å². The fraction of sp³-hybridized carbons (Fsp3) is 0.435. The Kier molecular flexibility index (Phi) is 4.51. The number of fused-ring (bicyclic) bond motifs is 2. The monoisotopic (exact) mass is 434 g/mol. The first-order valence-corrected chi connectivity index (χ1v) is 12.2. The van der Waals surface area contributed by atoms with E-state index >= 15 is 0 Å². The summed E-state index contributed by atoms with van der Waals surface area (Å²) >= 11 is 0. The molecule has 0 bridgehead atoms. The summed E-state index contributed by atoms with van der Waals surface area (Å²) in [5.74, 6) is 0.120. The molecule has 2 fully saturated rings. The number of allylic oxidation sites excluding steroid dienone is 1. The maximum absolute atomic E-state index is 13.0. The van der Waals surface area contributed by atoms with Crippen LogP contribution < -0.4 is 0 Å². The molecule has 160 valence electrons. The summed E-state index contributed by atoms with van der Waals surface area (Å²) < 4.78 is 1.88. The molecule has 0 N–H and O–H groups in total. The van der Waals surface area contributed by atoms with E-state index in [9.17, 15) is 4.79 Å². The van der Waals surface area contributed by atoms with Gasteiger partial charge in [-0.05, 0) is 38.8 Å². The Labute approximate surface area is 183 Å². The number of carbonyl (C=O) groups is 1. The normalized spacial score (nSPS) is 25.2. The molecule has 1 amide bonds. The molecule has 31 heavy (non-hydrogen) atoms. The first kappa shape index (κ1) is 19.2. The lowest BCUT2D eigenvalue weighted by atomic mass is 10.2. The zero-order chi connectivity index (χ0) is 21.1. The van der Waals surface area contributed by atoms with Gasteiger partial charge in [-0.3, -0.25) is 14.7 Å². The second-order valence-corrected chi connectivity index (χ2v) is 10.3. The van der Waals surface area contributed by atoms with Crippen LogP contribution in [0, 0.1) is 13.8 Å². The van der Waals surface area contributed by atoms with Crippen LogP contribution in [0.4, 0.5) is 0 Å². The van der Waals surface area contributed by atoms with E-state index in [0.717, 1.165) is 65.8 Å². The number of hydrogen-bond acceptors (Lipinski definition) is 5. The SMILES string of the molecule is Cc1cn2nc(C3=CC(=O)N4C=C(N5CCN(C6CC6)CC5)C=CC4P3)cc2c(C)n1. The standard InChI is InChI=1S/C23H27N6OP/c1-15-13-29-20(16(2)24-15)11-19(25-29)21-12-22(30)28-14-18(5-6-23(28)31-21)27-9-7-26(8-10-27)17-3-4-17/h5-6,11-14,17,23,31H,3-4,7-10H2,1-2H3. The average molecular weight is 434 g/mol. The van der Waals surface area contributed by atoms with Crippen molar-refractivity contribution < 1.29 is 4.79 Å². The third-order valence-corrected chi connectivity index (χ3v) is 8.10. The van der Waals surface area contributed by atoms with Crippen molar-refractivity contribution in [3.05, 3.63) is 59.5 Å². The second kappa shape index (κ2) is 7.28. The van der Waals surface area contributed by atoms with Crippen LogP contribution in [0.1, 0.15) is 29.9 Å². The molecular weight excluding hydrogens is 407 g/mol. The number of hydrogen-bond donors (Lipinski definition) is 0. The van der Waals surface area contributed by atoms with Gasteiger partial charge >= 0.3 is 0 Å². The van der Waals surface area contributed by atoms with E-state index in [4.69, 9.17) is 5.10 Å². The summed E-state index contributed by atoms with van der Waals surface area (Å²) in [4.78, 5) is 24.5. The molecule has 6 rings (SSSR count). The van der Waals surface area contributed by atoms with Gasteiger partial charge in [0, 0.05) is 49.8 Å². The van der Waals surface area contributed by atoms with Crippen molar-refractivity contribution in [3.8, 4) is 0 Å². The third-order valence-electron chi connectivity index (χ3n) is 6.62. The maximum Gasteiger partial charge on any atom is 0.252 e. The number of nitrogens with zero attached hydrogens (tertiary/aromatic N) is 6. The minimum Gasteiger partial charge on any atom is -0.368 e. The van der Waals surface area contributed by atoms with Crippen LogP contribution in [0.15, 0.2) is 42.4 Å². The van der Waals surface area contributed by atoms with E-state index in [0.29, 0.717) is 8.58 Å². The van der Waals surface area contributed by atoms with Gasteiger partial charge in [0.15, 0.2) is 0 Å². The zero-order valence-electron chi connectivity index (χ0n) is 18.0. The molecule has 2 atom stereocenters. The predicted octanol–water partition coefficient (Wildman–Crippen LogP) is 2.73. The minimum atomic E-state index is 0.0419. The lowest BCUT2D eigenvalue weighted by Gasteiger charge is -2.40.